The molecule has 0 saturated carbocycles. The lowest BCUT2D eigenvalue weighted by atomic mass is 9.94. The van der Waals surface area contributed by atoms with Crippen molar-refractivity contribution in [3.8, 4) is 5.75 Å². The minimum atomic E-state index is -0.384. The van der Waals surface area contributed by atoms with Crippen LogP contribution in [-0.4, -0.2) is 32.2 Å². The number of benzene rings is 2. The summed E-state index contributed by atoms with van der Waals surface area (Å²) in [6, 6.07) is 12.7. The lowest BCUT2D eigenvalue weighted by Crippen LogP contribution is -2.45. The molecule has 1 aliphatic heterocycles. The van der Waals surface area contributed by atoms with Crippen molar-refractivity contribution in [1.29, 1.82) is 0 Å². The number of carbonyl (C=O) groups excluding carboxylic acids is 1. The van der Waals surface area contributed by atoms with Crippen molar-refractivity contribution in [3.63, 3.8) is 0 Å². The topological polar surface area (TPSA) is 65.6 Å². The van der Waals surface area contributed by atoms with Gasteiger partial charge in [-0.05, 0) is 55.0 Å². The van der Waals surface area contributed by atoms with E-state index < -0.39 is 0 Å². The zero-order valence-corrected chi connectivity index (χ0v) is 18.2. The Hall–Kier alpha value is -2.77. The predicted octanol–water partition coefficient (Wildman–Crippen LogP) is 3.85. The van der Waals surface area contributed by atoms with Crippen LogP contribution >= 0.6 is 23.8 Å². The van der Waals surface area contributed by atoms with Gasteiger partial charge in [-0.25, -0.2) is 0 Å². The van der Waals surface area contributed by atoms with E-state index in [1.54, 1.807) is 25.3 Å². The van der Waals surface area contributed by atoms with Gasteiger partial charge in [0.25, 0.3) is 5.91 Å². The number of amides is 1. The first-order valence-corrected chi connectivity index (χ1v) is 9.79. The maximum absolute atomic E-state index is 13.2. The van der Waals surface area contributed by atoms with Crippen molar-refractivity contribution in [3.05, 3.63) is 64.3 Å². The number of methoxy groups -OCH3 is 1. The summed E-state index contributed by atoms with van der Waals surface area (Å²) in [6.45, 7) is 1.83. The lowest BCUT2D eigenvalue weighted by molar-refractivity contribution is -0.113. The molecule has 0 saturated heterocycles. The Kier molecular flexibility index (Phi) is 6.30. The van der Waals surface area contributed by atoms with E-state index in [1.165, 1.54) is 0 Å². The number of ether oxygens (including phenoxy) is 1. The van der Waals surface area contributed by atoms with Crippen LogP contribution in [0.3, 0.4) is 0 Å². The molecule has 0 unspecified atom stereocenters. The number of carbonyl (C=O) groups is 1. The minimum Gasteiger partial charge on any atom is -0.495 e. The van der Waals surface area contributed by atoms with Crippen molar-refractivity contribution >= 4 is 46.2 Å². The van der Waals surface area contributed by atoms with Gasteiger partial charge in [0.05, 0.1) is 24.4 Å². The number of rotatable bonds is 5. The second-order valence-electron chi connectivity index (χ2n) is 6.85. The molecule has 2 aromatic carbocycles. The number of allylic oxidation sites excluding steroid dienone is 1. The van der Waals surface area contributed by atoms with E-state index >= 15 is 0 Å². The van der Waals surface area contributed by atoms with Crippen molar-refractivity contribution < 1.29 is 9.53 Å². The second kappa shape index (κ2) is 8.71. The largest absolute Gasteiger partial charge is 0.495 e. The van der Waals surface area contributed by atoms with Gasteiger partial charge < -0.3 is 25.6 Å². The van der Waals surface area contributed by atoms with Crippen molar-refractivity contribution in [1.82, 2.24) is 10.6 Å². The molecule has 1 amide bonds. The van der Waals surface area contributed by atoms with Crippen LogP contribution in [0.5, 0.6) is 5.75 Å². The van der Waals surface area contributed by atoms with Crippen LogP contribution in [-0.2, 0) is 4.79 Å². The van der Waals surface area contributed by atoms with Gasteiger partial charge in [0.15, 0.2) is 5.11 Å². The number of thiocarbonyl (C=S) groups is 1. The summed E-state index contributed by atoms with van der Waals surface area (Å²) in [6.07, 6.45) is 0. The summed E-state index contributed by atoms with van der Waals surface area (Å²) in [5.74, 6) is 0.257. The third kappa shape index (κ3) is 4.63. The van der Waals surface area contributed by atoms with E-state index in [9.17, 15) is 4.79 Å². The van der Waals surface area contributed by atoms with Gasteiger partial charge in [-0.1, -0.05) is 23.7 Å². The van der Waals surface area contributed by atoms with Crippen LogP contribution in [0.15, 0.2) is 53.7 Å². The second-order valence-corrected chi connectivity index (χ2v) is 7.70. The van der Waals surface area contributed by atoms with Crippen LogP contribution in [0, 0.1) is 0 Å². The fourth-order valence-electron chi connectivity index (χ4n) is 3.18. The lowest BCUT2D eigenvalue weighted by Gasteiger charge is -2.30. The summed E-state index contributed by atoms with van der Waals surface area (Å²) in [5.41, 5.74) is 3.73. The fourth-order valence-corrected chi connectivity index (χ4v) is 3.62. The zero-order valence-electron chi connectivity index (χ0n) is 16.7. The Labute approximate surface area is 180 Å². The van der Waals surface area contributed by atoms with Gasteiger partial charge in [0, 0.05) is 30.5 Å². The smallest absolute Gasteiger partial charge is 0.255 e. The van der Waals surface area contributed by atoms with Gasteiger partial charge >= 0.3 is 0 Å². The summed E-state index contributed by atoms with van der Waals surface area (Å²) < 4.78 is 5.33. The molecule has 3 N–H and O–H groups in total. The van der Waals surface area contributed by atoms with Gasteiger partial charge in [-0.15, -0.1) is 0 Å². The maximum atomic E-state index is 13.2. The predicted molar refractivity (Wildman–Crippen MR) is 122 cm³/mol. The Morgan fingerprint density at radius 2 is 1.90 bits per heavy atom. The van der Waals surface area contributed by atoms with Gasteiger partial charge in [0.1, 0.15) is 5.75 Å². The molecular formula is C21H23ClN4O2S. The molecule has 29 heavy (non-hydrogen) atoms. The molecule has 1 heterocycles. The van der Waals surface area contributed by atoms with Gasteiger partial charge in [-0.3, -0.25) is 4.79 Å². The van der Waals surface area contributed by atoms with Crippen LogP contribution in [0.2, 0.25) is 5.02 Å². The molecule has 152 valence electrons. The molecule has 8 heteroatoms. The Balaban J connectivity index is 1.95. The summed E-state index contributed by atoms with van der Waals surface area (Å²) in [5, 5.41) is 10.1. The quantitative estimate of drug-likeness (QED) is 0.626. The van der Waals surface area contributed by atoms with Crippen LogP contribution < -0.4 is 25.6 Å². The number of hydrogen-bond donors (Lipinski definition) is 3. The van der Waals surface area contributed by atoms with E-state index in [-0.39, 0.29) is 11.9 Å². The minimum absolute atomic E-state index is 0.271. The molecule has 1 aliphatic rings. The van der Waals surface area contributed by atoms with Crippen molar-refractivity contribution in [2.24, 2.45) is 0 Å². The molecule has 0 aromatic heterocycles. The zero-order chi connectivity index (χ0) is 21.1. The first-order chi connectivity index (χ1) is 13.8. The molecule has 2 aromatic rings. The molecule has 0 spiro atoms. The number of anilines is 2. The van der Waals surface area contributed by atoms with Gasteiger partial charge in [0.2, 0.25) is 0 Å². The van der Waals surface area contributed by atoms with Crippen LogP contribution in [0.4, 0.5) is 11.4 Å². The first kappa shape index (κ1) is 21.0. The number of hydrogen-bond acceptors (Lipinski definition) is 4. The highest BCUT2D eigenvalue weighted by atomic mass is 35.5. The van der Waals surface area contributed by atoms with E-state index in [2.05, 4.69) is 16.0 Å². The average Bonchev–Trinajstić information content (AvgIpc) is 2.67. The molecular weight excluding hydrogens is 408 g/mol. The van der Waals surface area contributed by atoms with E-state index in [1.807, 2.05) is 50.2 Å². The Bertz CT molecular complexity index is 973. The van der Waals surface area contributed by atoms with E-state index in [4.69, 9.17) is 28.6 Å². The van der Waals surface area contributed by atoms with Crippen LogP contribution in [0.1, 0.15) is 18.5 Å². The fraction of sp³-hybridized carbons (Fsp3) is 0.238. The highest BCUT2D eigenvalue weighted by Gasteiger charge is 2.30. The molecule has 0 aliphatic carbocycles. The summed E-state index contributed by atoms with van der Waals surface area (Å²) in [7, 11) is 5.50. The summed E-state index contributed by atoms with van der Waals surface area (Å²) in [4.78, 5) is 15.2. The molecule has 6 nitrogen and oxygen atoms in total. The third-order valence-electron chi connectivity index (χ3n) is 4.67. The average molecular weight is 431 g/mol. The van der Waals surface area contributed by atoms with E-state index in [0.717, 1.165) is 11.3 Å². The van der Waals surface area contributed by atoms with Gasteiger partial charge in [-0.2, -0.15) is 0 Å². The molecule has 3 rings (SSSR count). The number of nitrogens with one attached hydrogen (secondary N) is 3. The summed E-state index contributed by atoms with van der Waals surface area (Å²) >= 11 is 11.4. The SMILES string of the molecule is COc1ccc(Cl)cc1NC(=O)C1=C(C)NC(=S)N[C@H]1c1ccc(N(C)C)cc1. The highest BCUT2D eigenvalue weighted by Crippen LogP contribution is 2.32. The van der Waals surface area contributed by atoms with Crippen LogP contribution in [0.25, 0.3) is 0 Å². The normalized spacial score (nSPS) is 16.0. The molecule has 1 atom stereocenters. The molecule has 0 bridgehead atoms. The third-order valence-corrected chi connectivity index (χ3v) is 5.12. The standard InChI is InChI=1S/C21H23ClN4O2S/c1-12-18(20(27)24-16-11-14(22)7-10-17(16)28-4)19(25-21(29)23-12)13-5-8-15(9-6-13)26(2)3/h5-11,19H,1-4H3,(H,24,27)(H2,23,25,29)/t19-/m0/s1. The van der Waals surface area contributed by atoms with Crippen molar-refractivity contribution in [2.45, 2.75) is 13.0 Å². The first-order valence-electron chi connectivity index (χ1n) is 9.00. The van der Waals surface area contributed by atoms with E-state index in [0.29, 0.717) is 32.8 Å². The molecule has 0 radical (unpaired) electrons. The highest BCUT2D eigenvalue weighted by molar-refractivity contribution is 7.80. The Morgan fingerprint density at radius 1 is 1.21 bits per heavy atom. The Morgan fingerprint density at radius 3 is 2.52 bits per heavy atom. The monoisotopic (exact) mass is 430 g/mol. The molecule has 0 fully saturated rings. The number of halogens is 1. The maximum Gasteiger partial charge on any atom is 0.255 e. The van der Waals surface area contributed by atoms with Crippen molar-refractivity contribution in [2.75, 3.05) is 31.4 Å². The number of nitrogens with zero attached hydrogens (tertiary/aromatic N) is 1.